The Balaban J connectivity index is 1.39. The number of hydrogen-bond donors (Lipinski definition) is 3. The second kappa shape index (κ2) is 11.3. The number of amides is 2. The van der Waals surface area contributed by atoms with Gasteiger partial charge in [-0.05, 0) is 72.1 Å². The Labute approximate surface area is 218 Å². The number of halogens is 2. The lowest BCUT2D eigenvalue weighted by Gasteiger charge is -2.56. The minimum absolute atomic E-state index is 0.0185. The number of aliphatic hydroxyl groups excluding tert-OH is 1. The molecule has 7 atom stereocenters. The first-order valence-electron chi connectivity index (χ1n) is 13.3. The number of carbonyl (C=O) groups excluding carboxylic acids is 2. The van der Waals surface area contributed by atoms with Crippen molar-refractivity contribution in [1.29, 1.82) is 0 Å². The normalized spacial score (nSPS) is 30.2. The highest BCUT2D eigenvalue weighted by Crippen LogP contribution is 2.55. The molecular formula is C30H38F2N2O3. The first kappa shape index (κ1) is 27.2. The zero-order valence-corrected chi connectivity index (χ0v) is 21.8. The van der Waals surface area contributed by atoms with Crippen LogP contribution in [-0.4, -0.2) is 29.1 Å². The predicted molar refractivity (Wildman–Crippen MR) is 138 cm³/mol. The molecule has 2 saturated carbocycles. The van der Waals surface area contributed by atoms with E-state index in [4.69, 9.17) is 0 Å². The Morgan fingerprint density at radius 3 is 2.38 bits per heavy atom. The number of nitrogens with one attached hydrogen (secondary N) is 2. The molecule has 200 valence electrons. The summed E-state index contributed by atoms with van der Waals surface area (Å²) in [5, 5.41) is 17.6. The molecule has 5 nitrogen and oxygen atoms in total. The molecule has 37 heavy (non-hydrogen) atoms. The van der Waals surface area contributed by atoms with E-state index in [1.165, 1.54) is 12.1 Å². The fourth-order valence-electron chi connectivity index (χ4n) is 6.79. The fourth-order valence-corrected chi connectivity index (χ4v) is 6.79. The monoisotopic (exact) mass is 512 g/mol. The number of rotatable bonds is 7. The molecule has 0 radical (unpaired) electrons. The van der Waals surface area contributed by atoms with E-state index in [1.54, 1.807) is 0 Å². The highest BCUT2D eigenvalue weighted by molar-refractivity contribution is 5.79. The van der Waals surface area contributed by atoms with E-state index in [0.717, 1.165) is 37.3 Å². The number of benzene rings is 2. The van der Waals surface area contributed by atoms with Gasteiger partial charge < -0.3 is 15.7 Å². The maximum absolute atomic E-state index is 13.5. The summed E-state index contributed by atoms with van der Waals surface area (Å²) in [4.78, 5) is 25.7. The van der Waals surface area contributed by atoms with Crippen LogP contribution in [0.2, 0.25) is 0 Å². The molecule has 0 aliphatic heterocycles. The van der Waals surface area contributed by atoms with Gasteiger partial charge in [0, 0.05) is 24.6 Å². The van der Waals surface area contributed by atoms with Gasteiger partial charge in [-0.3, -0.25) is 9.59 Å². The minimum Gasteiger partial charge on any atom is -0.392 e. The topological polar surface area (TPSA) is 78.4 Å². The molecule has 0 spiro atoms. The minimum atomic E-state index is -0.685. The van der Waals surface area contributed by atoms with Crippen molar-refractivity contribution >= 4 is 11.8 Å². The molecule has 0 bridgehead atoms. The molecule has 0 aromatic heterocycles. The molecule has 2 fully saturated rings. The van der Waals surface area contributed by atoms with Gasteiger partial charge in [-0.1, -0.05) is 51.1 Å². The Bertz CT molecular complexity index is 1090. The molecular weight excluding hydrogens is 474 g/mol. The first-order chi connectivity index (χ1) is 17.6. The van der Waals surface area contributed by atoms with Crippen LogP contribution in [0.4, 0.5) is 8.78 Å². The Morgan fingerprint density at radius 1 is 1.05 bits per heavy atom. The third kappa shape index (κ3) is 6.20. The van der Waals surface area contributed by atoms with Crippen LogP contribution in [-0.2, 0) is 22.6 Å². The van der Waals surface area contributed by atoms with E-state index in [1.807, 2.05) is 37.3 Å². The third-order valence-electron chi connectivity index (χ3n) is 8.89. The SMILES string of the molecule is CC(C(=O)NCc1cc(F)cc(F)c1)C1CCC2(C)CCC(NC(=O)Cc3ccccc3)C(C)C2C1O. The number of fused-ring (bicyclic) bond motifs is 1. The lowest BCUT2D eigenvalue weighted by atomic mass is 9.51. The number of aliphatic hydroxyl groups is 1. The summed E-state index contributed by atoms with van der Waals surface area (Å²) in [5.74, 6) is -2.31. The lowest BCUT2D eigenvalue weighted by Crippen LogP contribution is -2.58. The van der Waals surface area contributed by atoms with Gasteiger partial charge in [-0.15, -0.1) is 0 Å². The van der Waals surface area contributed by atoms with Crippen LogP contribution < -0.4 is 10.6 Å². The van der Waals surface area contributed by atoms with Crippen LogP contribution >= 0.6 is 0 Å². The van der Waals surface area contributed by atoms with E-state index in [0.29, 0.717) is 12.0 Å². The Hall–Kier alpha value is -2.80. The standard InChI is InChI=1S/C30H38F2N2O3/c1-18(29(37)33-17-21-13-22(31)16-23(32)14-21)24-9-11-30(3)12-10-25(19(2)27(30)28(24)36)34-26(35)15-20-7-5-4-6-8-20/h4-8,13-14,16,18-19,24-25,27-28,36H,9-12,15,17H2,1-3H3,(H,33,37)(H,34,35). The zero-order chi connectivity index (χ0) is 26.7. The van der Waals surface area contributed by atoms with E-state index >= 15 is 0 Å². The molecule has 2 aromatic rings. The summed E-state index contributed by atoms with van der Waals surface area (Å²) >= 11 is 0. The molecule has 2 aromatic carbocycles. The molecule has 3 N–H and O–H groups in total. The molecule has 2 amide bonds. The van der Waals surface area contributed by atoms with Crippen molar-refractivity contribution in [2.75, 3.05) is 0 Å². The maximum atomic E-state index is 13.5. The molecule has 0 saturated heterocycles. The van der Waals surface area contributed by atoms with Crippen molar-refractivity contribution in [1.82, 2.24) is 10.6 Å². The van der Waals surface area contributed by atoms with E-state index in [9.17, 15) is 23.5 Å². The summed E-state index contributed by atoms with van der Waals surface area (Å²) in [6, 6.07) is 12.8. The van der Waals surface area contributed by atoms with Gasteiger partial charge in [0.05, 0.1) is 12.5 Å². The Morgan fingerprint density at radius 2 is 1.70 bits per heavy atom. The van der Waals surface area contributed by atoms with Crippen LogP contribution in [0, 0.1) is 40.7 Å². The average Bonchev–Trinajstić information content (AvgIpc) is 2.84. The van der Waals surface area contributed by atoms with Crippen LogP contribution in [0.25, 0.3) is 0 Å². The fraction of sp³-hybridized carbons (Fsp3) is 0.533. The molecule has 0 heterocycles. The first-order valence-corrected chi connectivity index (χ1v) is 13.3. The summed E-state index contributed by atoms with van der Waals surface area (Å²) in [6.07, 6.45) is 3.05. The quantitative estimate of drug-likeness (QED) is 0.500. The van der Waals surface area contributed by atoms with Crippen molar-refractivity contribution in [3.05, 3.63) is 71.3 Å². The smallest absolute Gasteiger partial charge is 0.224 e. The number of carbonyl (C=O) groups is 2. The summed E-state index contributed by atoms with van der Waals surface area (Å²) in [5.41, 5.74) is 1.27. The van der Waals surface area contributed by atoms with Gasteiger partial charge in [0.25, 0.3) is 0 Å². The molecule has 4 rings (SSSR count). The predicted octanol–water partition coefficient (Wildman–Crippen LogP) is 4.77. The van der Waals surface area contributed by atoms with Gasteiger partial charge in [0.2, 0.25) is 11.8 Å². The zero-order valence-electron chi connectivity index (χ0n) is 21.8. The van der Waals surface area contributed by atoms with Gasteiger partial charge in [-0.25, -0.2) is 8.78 Å². The summed E-state index contributed by atoms with van der Waals surface area (Å²) in [7, 11) is 0. The van der Waals surface area contributed by atoms with Crippen molar-refractivity contribution in [3.8, 4) is 0 Å². The highest BCUT2D eigenvalue weighted by Gasteiger charge is 2.53. The van der Waals surface area contributed by atoms with Gasteiger partial charge in [0.1, 0.15) is 11.6 Å². The molecule has 7 unspecified atom stereocenters. The molecule has 7 heteroatoms. The van der Waals surface area contributed by atoms with Gasteiger partial charge >= 0.3 is 0 Å². The van der Waals surface area contributed by atoms with Gasteiger partial charge in [0.15, 0.2) is 0 Å². The second-order valence-corrected chi connectivity index (χ2v) is 11.4. The van der Waals surface area contributed by atoms with E-state index < -0.39 is 23.7 Å². The lowest BCUT2D eigenvalue weighted by molar-refractivity contribution is -0.143. The summed E-state index contributed by atoms with van der Waals surface area (Å²) < 4.78 is 27.0. The van der Waals surface area contributed by atoms with Crippen LogP contribution in [0.15, 0.2) is 48.5 Å². The van der Waals surface area contributed by atoms with E-state index in [2.05, 4.69) is 24.5 Å². The average molecular weight is 513 g/mol. The van der Waals surface area contributed by atoms with Crippen molar-refractivity contribution in [2.45, 2.75) is 71.6 Å². The summed E-state index contributed by atoms with van der Waals surface area (Å²) in [6.45, 7) is 6.15. The van der Waals surface area contributed by atoms with Crippen molar-refractivity contribution < 1.29 is 23.5 Å². The second-order valence-electron chi connectivity index (χ2n) is 11.4. The van der Waals surface area contributed by atoms with Crippen molar-refractivity contribution in [3.63, 3.8) is 0 Å². The van der Waals surface area contributed by atoms with Crippen LogP contribution in [0.1, 0.15) is 57.6 Å². The molecule has 2 aliphatic carbocycles. The highest BCUT2D eigenvalue weighted by atomic mass is 19.1. The molecule has 2 aliphatic rings. The Kier molecular flexibility index (Phi) is 8.32. The van der Waals surface area contributed by atoms with Crippen LogP contribution in [0.3, 0.4) is 0 Å². The largest absolute Gasteiger partial charge is 0.392 e. The van der Waals surface area contributed by atoms with Crippen molar-refractivity contribution in [2.24, 2.45) is 29.1 Å². The van der Waals surface area contributed by atoms with Crippen LogP contribution in [0.5, 0.6) is 0 Å². The number of hydrogen-bond acceptors (Lipinski definition) is 3. The maximum Gasteiger partial charge on any atom is 0.224 e. The third-order valence-corrected chi connectivity index (χ3v) is 8.89. The van der Waals surface area contributed by atoms with Gasteiger partial charge in [-0.2, -0.15) is 0 Å². The van der Waals surface area contributed by atoms with E-state index in [-0.39, 0.29) is 47.6 Å².